The van der Waals surface area contributed by atoms with Crippen molar-refractivity contribution in [1.82, 2.24) is 5.16 Å². The zero-order valence-corrected chi connectivity index (χ0v) is 15.1. The third-order valence-corrected chi connectivity index (χ3v) is 5.01. The third-order valence-electron chi connectivity index (χ3n) is 4.08. The van der Waals surface area contributed by atoms with E-state index in [1.165, 1.54) is 12.1 Å². The topological polar surface area (TPSA) is 123 Å². The molecule has 0 amide bonds. The van der Waals surface area contributed by atoms with Gasteiger partial charge in [0.15, 0.2) is 0 Å². The van der Waals surface area contributed by atoms with Crippen molar-refractivity contribution < 1.29 is 22.8 Å². The Labute approximate surface area is 156 Å². The van der Waals surface area contributed by atoms with E-state index in [4.69, 9.17) is 14.8 Å². The lowest BCUT2D eigenvalue weighted by Crippen LogP contribution is -2.11. The number of nitrogens with two attached hydrogens (primary N) is 1. The van der Waals surface area contributed by atoms with E-state index in [1.54, 1.807) is 12.1 Å². The third kappa shape index (κ3) is 4.42. The molecule has 3 N–H and O–H groups in total. The van der Waals surface area contributed by atoms with Crippen molar-refractivity contribution in [2.45, 2.75) is 24.2 Å². The second-order valence-corrected chi connectivity index (χ2v) is 7.57. The molecular weight excluding hydrogens is 368 g/mol. The van der Waals surface area contributed by atoms with Crippen molar-refractivity contribution in [2.75, 3.05) is 0 Å². The molecule has 2 aromatic carbocycles. The fourth-order valence-corrected chi connectivity index (χ4v) is 3.31. The van der Waals surface area contributed by atoms with Gasteiger partial charge >= 0.3 is 5.97 Å². The molecule has 3 aromatic rings. The molecule has 0 saturated carbocycles. The predicted molar refractivity (Wildman–Crippen MR) is 99.3 cm³/mol. The minimum atomic E-state index is -3.79. The first-order chi connectivity index (χ1) is 12.9. The Balaban J connectivity index is 2.04. The molecule has 0 aliphatic rings. The SMILES string of the molecule is NS(=O)(=O)c1ccc(-c2c(-c3ccccc3)noc2CCCC(=O)O)cc1. The van der Waals surface area contributed by atoms with Crippen LogP contribution >= 0.6 is 0 Å². The molecule has 0 aliphatic carbocycles. The van der Waals surface area contributed by atoms with Crippen LogP contribution in [0.4, 0.5) is 0 Å². The van der Waals surface area contributed by atoms with Gasteiger partial charge in [0, 0.05) is 18.4 Å². The highest BCUT2D eigenvalue weighted by Crippen LogP contribution is 2.35. The van der Waals surface area contributed by atoms with Crippen LogP contribution < -0.4 is 5.14 Å². The summed E-state index contributed by atoms with van der Waals surface area (Å²) in [4.78, 5) is 10.8. The van der Waals surface area contributed by atoms with Crippen LogP contribution in [-0.2, 0) is 21.2 Å². The Morgan fingerprint density at radius 1 is 1.04 bits per heavy atom. The molecule has 1 heterocycles. The molecule has 3 rings (SSSR count). The first-order valence-corrected chi connectivity index (χ1v) is 9.80. The van der Waals surface area contributed by atoms with Gasteiger partial charge in [-0.05, 0) is 24.1 Å². The second kappa shape index (κ2) is 7.73. The number of carboxylic acid groups (broad SMARTS) is 1. The van der Waals surface area contributed by atoms with Crippen molar-refractivity contribution in [2.24, 2.45) is 5.14 Å². The number of hydrogen-bond donors (Lipinski definition) is 2. The number of benzene rings is 2. The minimum absolute atomic E-state index is 0.0105. The van der Waals surface area contributed by atoms with E-state index in [-0.39, 0.29) is 11.3 Å². The zero-order chi connectivity index (χ0) is 19.4. The van der Waals surface area contributed by atoms with Crippen LogP contribution in [0.5, 0.6) is 0 Å². The summed E-state index contributed by atoms with van der Waals surface area (Å²) in [6.07, 6.45) is 0.824. The van der Waals surface area contributed by atoms with Crippen LogP contribution in [0, 0.1) is 0 Å². The molecule has 7 nitrogen and oxygen atoms in total. The van der Waals surface area contributed by atoms with E-state index in [2.05, 4.69) is 5.16 Å². The highest BCUT2D eigenvalue weighted by atomic mass is 32.2. The average Bonchev–Trinajstić information content (AvgIpc) is 3.05. The molecule has 140 valence electrons. The summed E-state index contributed by atoms with van der Waals surface area (Å²) in [6.45, 7) is 0. The van der Waals surface area contributed by atoms with Gasteiger partial charge in [-0.2, -0.15) is 0 Å². The van der Waals surface area contributed by atoms with Crippen LogP contribution in [0.15, 0.2) is 64.0 Å². The van der Waals surface area contributed by atoms with E-state index in [0.717, 1.165) is 5.56 Å². The van der Waals surface area contributed by atoms with Gasteiger partial charge in [0.1, 0.15) is 11.5 Å². The number of aromatic nitrogens is 1. The van der Waals surface area contributed by atoms with E-state index in [9.17, 15) is 13.2 Å². The molecule has 0 saturated heterocycles. The van der Waals surface area contributed by atoms with Gasteiger partial charge in [0.2, 0.25) is 10.0 Å². The van der Waals surface area contributed by atoms with Gasteiger partial charge in [-0.3, -0.25) is 4.79 Å². The Bertz CT molecular complexity index is 1040. The number of nitrogens with zero attached hydrogens (tertiary/aromatic N) is 1. The van der Waals surface area contributed by atoms with E-state index in [0.29, 0.717) is 35.4 Å². The summed E-state index contributed by atoms with van der Waals surface area (Å²) >= 11 is 0. The molecule has 0 radical (unpaired) electrons. The lowest BCUT2D eigenvalue weighted by molar-refractivity contribution is -0.137. The van der Waals surface area contributed by atoms with Crippen molar-refractivity contribution in [3.63, 3.8) is 0 Å². The minimum Gasteiger partial charge on any atom is -0.481 e. The Morgan fingerprint density at radius 3 is 2.30 bits per heavy atom. The van der Waals surface area contributed by atoms with Crippen molar-refractivity contribution in [1.29, 1.82) is 0 Å². The van der Waals surface area contributed by atoms with Crippen LogP contribution in [-0.4, -0.2) is 24.7 Å². The first-order valence-electron chi connectivity index (χ1n) is 8.25. The van der Waals surface area contributed by atoms with Crippen molar-refractivity contribution in [3.8, 4) is 22.4 Å². The van der Waals surface area contributed by atoms with Gasteiger partial charge in [0.25, 0.3) is 0 Å². The quantitative estimate of drug-likeness (QED) is 0.643. The molecular formula is C19H18N2O5S. The number of hydrogen-bond acceptors (Lipinski definition) is 5. The van der Waals surface area contributed by atoms with Gasteiger partial charge in [-0.25, -0.2) is 13.6 Å². The highest BCUT2D eigenvalue weighted by molar-refractivity contribution is 7.89. The molecule has 27 heavy (non-hydrogen) atoms. The van der Waals surface area contributed by atoms with Gasteiger partial charge < -0.3 is 9.63 Å². The fraction of sp³-hybridized carbons (Fsp3) is 0.158. The normalized spacial score (nSPS) is 11.4. The van der Waals surface area contributed by atoms with Crippen LogP contribution in [0.2, 0.25) is 0 Å². The summed E-state index contributed by atoms with van der Waals surface area (Å²) in [7, 11) is -3.79. The highest BCUT2D eigenvalue weighted by Gasteiger charge is 2.20. The number of aliphatic carboxylic acids is 1. The smallest absolute Gasteiger partial charge is 0.303 e. The molecule has 0 atom stereocenters. The number of sulfonamides is 1. The lowest BCUT2D eigenvalue weighted by atomic mass is 9.97. The molecule has 0 aliphatic heterocycles. The maximum Gasteiger partial charge on any atom is 0.303 e. The summed E-state index contributed by atoms with van der Waals surface area (Å²) in [6, 6.07) is 15.5. The maximum absolute atomic E-state index is 11.5. The summed E-state index contributed by atoms with van der Waals surface area (Å²) in [5.41, 5.74) is 2.89. The van der Waals surface area contributed by atoms with Crippen molar-refractivity contribution in [3.05, 3.63) is 60.4 Å². The zero-order valence-electron chi connectivity index (χ0n) is 14.3. The lowest BCUT2D eigenvalue weighted by Gasteiger charge is -2.06. The molecule has 8 heteroatoms. The number of primary sulfonamides is 1. The van der Waals surface area contributed by atoms with E-state index in [1.807, 2.05) is 30.3 Å². The first kappa shape index (κ1) is 18.8. The number of carbonyl (C=O) groups is 1. The molecule has 1 aromatic heterocycles. The predicted octanol–water partition coefficient (Wildman–Crippen LogP) is 3.06. The van der Waals surface area contributed by atoms with Gasteiger partial charge in [-0.15, -0.1) is 0 Å². The Hall–Kier alpha value is -2.97. The van der Waals surface area contributed by atoms with Crippen molar-refractivity contribution >= 4 is 16.0 Å². The van der Waals surface area contributed by atoms with Crippen LogP contribution in [0.3, 0.4) is 0 Å². The maximum atomic E-state index is 11.5. The number of aryl methyl sites for hydroxylation is 1. The van der Waals surface area contributed by atoms with Gasteiger partial charge in [-0.1, -0.05) is 47.6 Å². The molecule has 0 bridgehead atoms. The number of carboxylic acids is 1. The average molecular weight is 386 g/mol. The van der Waals surface area contributed by atoms with E-state index < -0.39 is 16.0 Å². The standard InChI is InChI=1S/C19H18N2O5S/c20-27(24,25)15-11-9-13(10-12-15)18-16(7-4-8-17(22)23)26-21-19(18)14-5-2-1-3-6-14/h1-3,5-6,9-12H,4,7-8H2,(H,22,23)(H2,20,24,25). The van der Waals surface area contributed by atoms with Crippen LogP contribution in [0.1, 0.15) is 18.6 Å². The Morgan fingerprint density at radius 2 is 1.70 bits per heavy atom. The second-order valence-electron chi connectivity index (χ2n) is 6.01. The largest absolute Gasteiger partial charge is 0.481 e. The summed E-state index contributed by atoms with van der Waals surface area (Å²) in [5, 5.41) is 18.2. The number of rotatable bonds is 7. The summed E-state index contributed by atoms with van der Waals surface area (Å²) < 4.78 is 28.5. The van der Waals surface area contributed by atoms with Gasteiger partial charge in [0.05, 0.1) is 10.5 Å². The fourth-order valence-electron chi connectivity index (χ4n) is 2.80. The summed E-state index contributed by atoms with van der Waals surface area (Å²) in [5.74, 6) is -0.324. The van der Waals surface area contributed by atoms with Crippen LogP contribution in [0.25, 0.3) is 22.4 Å². The molecule has 0 fully saturated rings. The molecule has 0 unspecified atom stereocenters. The molecule has 0 spiro atoms. The van der Waals surface area contributed by atoms with E-state index >= 15 is 0 Å². The monoisotopic (exact) mass is 386 g/mol. The Kier molecular flexibility index (Phi) is 5.38.